The molecule has 0 saturated carbocycles. The molecule has 0 bridgehead atoms. The van der Waals surface area contributed by atoms with E-state index in [-0.39, 0.29) is 12.5 Å². The van der Waals surface area contributed by atoms with Crippen molar-refractivity contribution >= 4 is 12.2 Å². The summed E-state index contributed by atoms with van der Waals surface area (Å²) < 4.78 is 6.82. The minimum absolute atomic E-state index is 0.0332. The Labute approximate surface area is 129 Å². The van der Waals surface area contributed by atoms with Gasteiger partial charge in [0.05, 0.1) is 18.9 Å². The fraction of sp³-hybridized carbons (Fsp3) is 0.312. The Kier molecular flexibility index (Phi) is 4.60. The molecule has 2 aromatic rings. The molecule has 0 fully saturated rings. The fourth-order valence-electron chi connectivity index (χ4n) is 2.21. The molecule has 1 heterocycles. The lowest BCUT2D eigenvalue weighted by Crippen LogP contribution is -2.26. The Hall–Kier alpha value is -2.63. The topological polar surface area (TPSA) is 64.4 Å². The monoisotopic (exact) mass is 301 g/mol. The molecule has 6 heteroatoms. The van der Waals surface area contributed by atoms with E-state index < -0.39 is 0 Å². The highest BCUT2D eigenvalue weighted by Crippen LogP contribution is 2.29. The van der Waals surface area contributed by atoms with Gasteiger partial charge in [0.15, 0.2) is 6.29 Å². The first-order valence-corrected chi connectivity index (χ1v) is 6.83. The van der Waals surface area contributed by atoms with E-state index >= 15 is 0 Å². The van der Waals surface area contributed by atoms with E-state index in [2.05, 4.69) is 5.10 Å². The Morgan fingerprint density at radius 2 is 2.09 bits per heavy atom. The van der Waals surface area contributed by atoms with Gasteiger partial charge in [0, 0.05) is 25.9 Å². The maximum atomic E-state index is 11.7. The largest absolute Gasteiger partial charge is 0.496 e. The number of carbonyl (C=O) groups is 2. The number of nitrogens with zero attached hydrogens (tertiary/aromatic N) is 3. The lowest BCUT2D eigenvalue weighted by molar-refractivity contribution is -0.129. The van der Waals surface area contributed by atoms with Gasteiger partial charge in [0.25, 0.3) is 0 Å². The molecule has 0 aliphatic heterocycles. The minimum atomic E-state index is -0.0332. The number of amides is 1. The molecule has 0 unspecified atom stereocenters. The molecule has 0 aliphatic carbocycles. The van der Waals surface area contributed by atoms with Crippen LogP contribution < -0.4 is 4.74 Å². The number of ether oxygens (including phenoxy) is 1. The summed E-state index contributed by atoms with van der Waals surface area (Å²) in [6, 6.07) is 3.69. The third-order valence-corrected chi connectivity index (χ3v) is 3.40. The van der Waals surface area contributed by atoms with Gasteiger partial charge in [-0.15, -0.1) is 0 Å². The Balaban J connectivity index is 2.33. The first-order valence-electron chi connectivity index (χ1n) is 6.83. The number of aromatic nitrogens is 2. The normalized spacial score (nSPS) is 10.4. The van der Waals surface area contributed by atoms with Crippen LogP contribution in [0.3, 0.4) is 0 Å². The maximum Gasteiger partial charge on any atom is 0.243 e. The van der Waals surface area contributed by atoms with Gasteiger partial charge in [-0.05, 0) is 30.2 Å². The van der Waals surface area contributed by atoms with Gasteiger partial charge in [-0.1, -0.05) is 0 Å². The number of aldehydes is 1. The van der Waals surface area contributed by atoms with Gasteiger partial charge >= 0.3 is 0 Å². The van der Waals surface area contributed by atoms with Crippen LogP contribution in [0.15, 0.2) is 24.5 Å². The number of aryl methyl sites for hydroxylation is 1. The zero-order valence-electron chi connectivity index (χ0n) is 13.2. The fourth-order valence-corrected chi connectivity index (χ4v) is 2.21. The first kappa shape index (κ1) is 15.8. The average molecular weight is 301 g/mol. The molecule has 0 radical (unpaired) electrons. The van der Waals surface area contributed by atoms with Gasteiger partial charge in [-0.3, -0.25) is 14.3 Å². The zero-order chi connectivity index (χ0) is 16.3. The number of rotatable bonds is 5. The summed E-state index contributed by atoms with van der Waals surface area (Å²) in [5, 5.41) is 4.19. The molecule has 0 aliphatic rings. The highest BCUT2D eigenvalue weighted by molar-refractivity contribution is 5.84. The summed E-state index contributed by atoms with van der Waals surface area (Å²) in [7, 11) is 4.95. The summed E-state index contributed by atoms with van der Waals surface area (Å²) in [4.78, 5) is 24.4. The highest BCUT2D eigenvalue weighted by Gasteiger charge is 2.12. The average Bonchev–Trinajstić information content (AvgIpc) is 2.94. The summed E-state index contributed by atoms with van der Waals surface area (Å²) >= 11 is 0. The Morgan fingerprint density at radius 1 is 1.36 bits per heavy atom. The van der Waals surface area contributed by atoms with Crippen LogP contribution in [-0.2, 0) is 11.3 Å². The van der Waals surface area contributed by atoms with Crippen LogP contribution in [0.25, 0.3) is 11.1 Å². The third kappa shape index (κ3) is 3.16. The van der Waals surface area contributed by atoms with Gasteiger partial charge in [-0.2, -0.15) is 5.10 Å². The maximum absolute atomic E-state index is 11.7. The highest BCUT2D eigenvalue weighted by atomic mass is 16.5. The summed E-state index contributed by atoms with van der Waals surface area (Å²) in [6.45, 7) is 2.07. The Morgan fingerprint density at radius 3 is 2.68 bits per heavy atom. The number of hydrogen-bond acceptors (Lipinski definition) is 4. The van der Waals surface area contributed by atoms with E-state index in [1.807, 2.05) is 13.0 Å². The van der Waals surface area contributed by atoms with Gasteiger partial charge < -0.3 is 9.64 Å². The number of methoxy groups -OCH3 is 1. The second-order valence-corrected chi connectivity index (χ2v) is 5.25. The quantitative estimate of drug-likeness (QED) is 0.790. The smallest absolute Gasteiger partial charge is 0.243 e. The zero-order valence-corrected chi connectivity index (χ0v) is 13.2. The van der Waals surface area contributed by atoms with Crippen LogP contribution in [0, 0.1) is 6.92 Å². The molecule has 1 aromatic heterocycles. The minimum Gasteiger partial charge on any atom is -0.496 e. The number of benzene rings is 1. The van der Waals surface area contributed by atoms with Gasteiger partial charge in [-0.25, -0.2) is 0 Å². The molecule has 0 spiro atoms. The molecule has 6 nitrogen and oxygen atoms in total. The predicted molar refractivity (Wildman–Crippen MR) is 83.0 cm³/mol. The predicted octanol–water partition coefficient (Wildman–Crippen LogP) is 1.77. The SMILES string of the molecule is COc1c(C)cc(-c2cnn(CC(=O)N(C)C)c2)cc1C=O. The van der Waals surface area contributed by atoms with Crippen molar-refractivity contribution in [1.29, 1.82) is 0 Å². The third-order valence-electron chi connectivity index (χ3n) is 3.40. The number of hydrogen-bond donors (Lipinski definition) is 0. The van der Waals surface area contributed by atoms with Crippen LogP contribution in [0.4, 0.5) is 0 Å². The summed E-state index contributed by atoms with van der Waals surface area (Å²) in [6.07, 6.45) is 4.24. The number of carbonyl (C=O) groups excluding carboxylic acids is 2. The molecular weight excluding hydrogens is 282 g/mol. The van der Waals surface area contributed by atoms with Gasteiger partial charge in [0.1, 0.15) is 12.3 Å². The molecule has 0 N–H and O–H groups in total. The van der Waals surface area contributed by atoms with Crippen LogP contribution in [0.1, 0.15) is 15.9 Å². The van der Waals surface area contributed by atoms with E-state index in [9.17, 15) is 9.59 Å². The van der Waals surface area contributed by atoms with E-state index in [1.54, 1.807) is 44.3 Å². The molecule has 1 amide bonds. The standard InChI is InChI=1S/C16H19N3O3/c1-11-5-12(6-13(10-20)16(11)22-4)14-7-17-19(8-14)9-15(21)18(2)3/h5-8,10H,9H2,1-4H3. The summed E-state index contributed by atoms with van der Waals surface area (Å²) in [5.41, 5.74) is 3.08. The van der Waals surface area contributed by atoms with Gasteiger partial charge in [0.2, 0.25) is 5.91 Å². The second-order valence-electron chi connectivity index (χ2n) is 5.25. The van der Waals surface area contributed by atoms with Crippen LogP contribution >= 0.6 is 0 Å². The van der Waals surface area contributed by atoms with E-state index in [0.29, 0.717) is 11.3 Å². The lowest BCUT2D eigenvalue weighted by atomic mass is 10.0. The molecule has 1 aromatic carbocycles. The Bertz CT molecular complexity index is 705. The van der Waals surface area contributed by atoms with E-state index in [0.717, 1.165) is 23.0 Å². The molecular formula is C16H19N3O3. The summed E-state index contributed by atoms with van der Waals surface area (Å²) in [5.74, 6) is 0.545. The van der Waals surface area contributed by atoms with E-state index in [1.165, 1.54) is 4.90 Å². The second kappa shape index (κ2) is 6.43. The van der Waals surface area contributed by atoms with Crippen molar-refractivity contribution in [3.63, 3.8) is 0 Å². The van der Waals surface area contributed by atoms with Crippen LogP contribution in [0.5, 0.6) is 5.75 Å². The van der Waals surface area contributed by atoms with Crippen LogP contribution in [-0.4, -0.2) is 48.1 Å². The molecule has 0 saturated heterocycles. The molecule has 116 valence electrons. The van der Waals surface area contributed by atoms with Crippen molar-refractivity contribution in [2.24, 2.45) is 0 Å². The first-order chi connectivity index (χ1) is 10.5. The van der Waals surface area contributed by atoms with Crippen molar-refractivity contribution in [2.45, 2.75) is 13.5 Å². The van der Waals surface area contributed by atoms with E-state index in [4.69, 9.17) is 4.74 Å². The van der Waals surface area contributed by atoms with Crippen molar-refractivity contribution in [3.8, 4) is 16.9 Å². The molecule has 0 atom stereocenters. The van der Waals surface area contributed by atoms with Crippen LogP contribution in [0.2, 0.25) is 0 Å². The van der Waals surface area contributed by atoms with Crippen molar-refractivity contribution in [1.82, 2.24) is 14.7 Å². The number of likely N-dealkylation sites (N-methyl/N-ethyl adjacent to an activating group) is 1. The van der Waals surface area contributed by atoms with Crippen molar-refractivity contribution < 1.29 is 14.3 Å². The van der Waals surface area contributed by atoms with Crippen molar-refractivity contribution in [3.05, 3.63) is 35.7 Å². The molecule has 22 heavy (non-hydrogen) atoms. The lowest BCUT2D eigenvalue weighted by Gasteiger charge is -2.10. The molecule has 2 rings (SSSR count). The van der Waals surface area contributed by atoms with Crippen molar-refractivity contribution in [2.75, 3.05) is 21.2 Å².